The van der Waals surface area contributed by atoms with Crippen LogP contribution in [0.2, 0.25) is 5.15 Å². The van der Waals surface area contributed by atoms with Gasteiger partial charge in [0.05, 0.1) is 5.56 Å². The molecule has 2 rings (SSSR count). The van der Waals surface area contributed by atoms with Gasteiger partial charge in [-0.05, 0) is 43.0 Å². The Labute approximate surface area is 152 Å². The summed E-state index contributed by atoms with van der Waals surface area (Å²) in [6.45, 7) is 7.22. The lowest BCUT2D eigenvalue weighted by molar-refractivity contribution is -0.119. The highest BCUT2D eigenvalue weighted by atomic mass is 35.5. The number of nitrogens with one attached hydrogen (secondary N) is 1. The molecule has 0 aliphatic carbocycles. The zero-order chi connectivity index (χ0) is 18.6. The molecule has 1 aromatic heterocycles. The molecular weight excluding hydrogens is 340 g/mol. The monoisotopic (exact) mass is 360 g/mol. The van der Waals surface area contributed by atoms with Crippen molar-refractivity contribution in [2.45, 2.75) is 33.6 Å². The minimum atomic E-state index is -0.665. The molecule has 0 radical (unpaired) electrons. The predicted octanol–water partition coefficient (Wildman–Crippen LogP) is 4.27. The van der Waals surface area contributed by atoms with E-state index in [1.807, 2.05) is 38.1 Å². The Balaban J connectivity index is 2.03. The van der Waals surface area contributed by atoms with Crippen molar-refractivity contribution in [1.29, 1.82) is 0 Å². The van der Waals surface area contributed by atoms with Crippen LogP contribution in [0.1, 0.15) is 46.9 Å². The van der Waals surface area contributed by atoms with Crippen LogP contribution in [-0.4, -0.2) is 23.5 Å². The van der Waals surface area contributed by atoms with Gasteiger partial charge in [-0.2, -0.15) is 0 Å². The third-order valence-electron chi connectivity index (χ3n) is 3.70. The molecule has 132 valence electrons. The third-order valence-corrected chi connectivity index (χ3v) is 3.97. The van der Waals surface area contributed by atoms with Gasteiger partial charge in [-0.25, -0.2) is 9.78 Å². The van der Waals surface area contributed by atoms with Crippen molar-refractivity contribution in [3.63, 3.8) is 0 Å². The lowest BCUT2D eigenvalue weighted by Crippen LogP contribution is -2.22. The van der Waals surface area contributed by atoms with E-state index in [2.05, 4.69) is 10.3 Å². The fourth-order valence-electron chi connectivity index (χ4n) is 2.54. The topological polar surface area (TPSA) is 68.3 Å². The van der Waals surface area contributed by atoms with Crippen LogP contribution >= 0.6 is 11.6 Å². The Hall–Kier alpha value is -2.40. The highest BCUT2D eigenvalue weighted by Crippen LogP contribution is 2.24. The van der Waals surface area contributed by atoms with E-state index in [1.165, 1.54) is 0 Å². The van der Waals surface area contributed by atoms with Crippen molar-refractivity contribution in [2.24, 2.45) is 0 Å². The van der Waals surface area contributed by atoms with Crippen LogP contribution in [0.15, 0.2) is 30.3 Å². The lowest BCUT2D eigenvalue weighted by atomic mass is 10.0. The van der Waals surface area contributed by atoms with E-state index in [4.69, 9.17) is 16.3 Å². The standard InChI is InChI=1S/C19H21ClN2O3/c1-11(2)14-7-5-6-8-15(14)22-16(23)10-25-19(24)17-12(3)9-13(4)21-18(17)20/h5-9,11H,10H2,1-4H3,(H,22,23). The number of anilines is 1. The largest absolute Gasteiger partial charge is 0.452 e. The summed E-state index contributed by atoms with van der Waals surface area (Å²) in [4.78, 5) is 28.4. The average Bonchev–Trinajstić information content (AvgIpc) is 2.52. The lowest BCUT2D eigenvalue weighted by Gasteiger charge is -2.14. The first-order valence-electron chi connectivity index (χ1n) is 7.99. The van der Waals surface area contributed by atoms with Crippen molar-refractivity contribution in [3.05, 3.63) is 57.9 Å². The summed E-state index contributed by atoms with van der Waals surface area (Å²) < 4.78 is 5.09. The molecule has 2 aromatic rings. The number of rotatable bonds is 5. The van der Waals surface area contributed by atoms with Gasteiger partial charge in [-0.3, -0.25) is 4.79 Å². The first-order chi connectivity index (χ1) is 11.8. The number of esters is 1. The number of benzene rings is 1. The fraction of sp³-hybridized carbons (Fsp3) is 0.316. The SMILES string of the molecule is Cc1cc(C)c(C(=O)OCC(=O)Nc2ccccc2C(C)C)c(Cl)n1. The molecule has 5 nitrogen and oxygen atoms in total. The van der Waals surface area contributed by atoms with Crippen molar-refractivity contribution >= 4 is 29.2 Å². The van der Waals surface area contributed by atoms with Gasteiger partial charge in [0.1, 0.15) is 5.15 Å². The number of hydrogen-bond donors (Lipinski definition) is 1. The number of para-hydroxylation sites is 1. The summed E-state index contributed by atoms with van der Waals surface area (Å²) in [5.74, 6) is -0.809. The molecule has 1 aromatic carbocycles. The smallest absolute Gasteiger partial charge is 0.342 e. The Morgan fingerprint density at radius 3 is 2.56 bits per heavy atom. The molecule has 0 spiro atoms. The summed E-state index contributed by atoms with van der Waals surface area (Å²) in [6, 6.07) is 9.27. The van der Waals surface area contributed by atoms with Crippen molar-refractivity contribution < 1.29 is 14.3 Å². The van der Waals surface area contributed by atoms with Crippen LogP contribution in [0.25, 0.3) is 0 Å². The summed E-state index contributed by atoms with van der Waals surface area (Å²) >= 11 is 6.02. The van der Waals surface area contributed by atoms with Crippen LogP contribution in [0.3, 0.4) is 0 Å². The number of pyridine rings is 1. The molecule has 25 heavy (non-hydrogen) atoms. The first-order valence-corrected chi connectivity index (χ1v) is 8.37. The second-order valence-corrected chi connectivity index (χ2v) is 6.47. The second kappa shape index (κ2) is 8.12. The maximum Gasteiger partial charge on any atom is 0.342 e. The van der Waals surface area contributed by atoms with E-state index in [1.54, 1.807) is 19.9 Å². The predicted molar refractivity (Wildman–Crippen MR) is 98.2 cm³/mol. The van der Waals surface area contributed by atoms with E-state index < -0.39 is 18.5 Å². The molecule has 0 atom stereocenters. The van der Waals surface area contributed by atoms with Gasteiger partial charge >= 0.3 is 5.97 Å². The molecule has 0 aliphatic heterocycles. The molecule has 6 heteroatoms. The number of carbonyl (C=O) groups is 2. The Morgan fingerprint density at radius 1 is 1.24 bits per heavy atom. The van der Waals surface area contributed by atoms with E-state index in [0.717, 1.165) is 5.56 Å². The molecule has 0 bridgehead atoms. The molecule has 1 N–H and O–H groups in total. The summed E-state index contributed by atoms with van der Waals surface area (Å²) in [5.41, 5.74) is 3.28. The zero-order valence-corrected chi connectivity index (χ0v) is 15.5. The quantitative estimate of drug-likeness (QED) is 0.638. The van der Waals surface area contributed by atoms with Crippen LogP contribution in [0.5, 0.6) is 0 Å². The molecule has 0 unspecified atom stereocenters. The first kappa shape index (κ1) is 18.9. The highest BCUT2D eigenvalue weighted by Gasteiger charge is 2.18. The van der Waals surface area contributed by atoms with Crippen molar-refractivity contribution in [3.8, 4) is 0 Å². The molecule has 0 fully saturated rings. The highest BCUT2D eigenvalue weighted by molar-refractivity contribution is 6.32. The third kappa shape index (κ3) is 4.79. The van der Waals surface area contributed by atoms with Gasteiger partial charge < -0.3 is 10.1 Å². The average molecular weight is 361 g/mol. The number of halogens is 1. The number of aromatic nitrogens is 1. The van der Waals surface area contributed by atoms with Crippen LogP contribution in [0.4, 0.5) is 5.69 Å². The van der Waals surface area contributed by atoms with Gasteiger partial charge in [0, 0.05) is 11.4 Å². The number of hydrogen-bond acceptors (Lipinski definition) is 4. The second-order valence-electron chi connectivity index (χ2n) is 6.11. The normalized spacial score (nSPS) is 10.6. The molecule has 0 aliphatic rings. The van der Waals surface area contributed by atoms with Gasteiger partial charge in [0.25, 0.3) is 5.91 Å². The van der Waals surface area contributed by atoms with E-state index in [0.29, 0.717) is 16.9 Å². The van der Waals surface area contributed by atoms with E-state index in [-0.39, 0.29) is 16.6 Å². The number of nitrogens with zero attached hydrogens (tertiary/aromatic N) is 1. The summed E-state index contributed by atoms with van der Waals surface area (Å²) in [6.07, 6.45) is 0. The van der Waals surface area contributed by atoms with Crippen molar-refractivity contribution in [1.82, 2.24) is 4.98 Å². The van der Waals surface area contributed by atoms with Crippen LogP contribution < -0.4 is 5.32 Å². The molecule has 0 saturated carbocycles. The summed E-state index contributed by atoms with van der Waals surface area (Å²) in [7, 11) is 0. The minimum Gasteiger partial charge on any atom is -0.452 e. The van der Waals surface area contributed by atoms with E-state index >= 15 is 0 Å². The summed E-state index contributed by atoms with van der Waals surface area (Å²) in [5, 5.41) is 2.85. The number of ether oxygens (including phenoxy) is 1. The number of aryl methyl sites for hydroxylation is 2. The zero-order valence-electron chi connectivity index (χ0n) is 14.7. The molecule has 1 amide bonds. The van der Waals surface area contributed by atoms with E-state index in [9.17, 15) is 9.59 Å². The fourth-order valence-corrected chi connectivity index (χ4v) is 2.90. The maximum atomic E-state index is 12.2. The molecule has 0 saturated heterocycles. The minimum absolute atomic E-state index is 0.0769. The van der Waals surface area contributed by atoms with Crippen molar-refractivity contribution in [2.75, 3.05) is 11.9 Å². The molecular formula is C19H21ClN2O3. The maximum absolute atomic E-state index is 12.2. The van der Waals surface area contributed by atoms with Gasteiger partial charge in [0.2, 0.25) is 0 Å². The van der Waals surface area contributed by atoms with Gasteiger partial charge in [-0.1, -0.05) is 43.6 Å². The van der Waals surface area contributed by atoms with Gasteiger partial charge in [0.15, 0.2) is 6.61 Å². The van der Waals surface area contributed by atoms with Crippen LogP contribution in [-0.2, 0) is 9.53 Å². The Bertz CT molecular complexity index is 780. The Morgan fingerprint density at radius 2 is 1.92 bits per heavy atom. The number of carbonyl (C=O) groups excluding carboxylic acids is 2. The number of amides is 1. The van der Waals surface area contributed by atoms with Gasteiger partial charge in [-0.15, -0.1) is 0 Å². The Kier molecular flexibility index (Phi) is 6.15. The molecule has 1 heterocycles. The van der Waals surface area contributed by atoms with Crippen LogP contribution in [0, 0.1) is 13.8 Å².